The molecule has 0 unspecified atom stereocenters. The molecule has 0 saturated carbocycles. The van der Waals surface area contributed by atoms with Crippen molar-refractivity contribution in [3.8, 4) is 17.1 Å². The van der Waals surface area contributed by atoms with Crippen molar-refractivity contribution >= 4 is 22.6 Å². The number of aromatic carboxylic acids is 1. The van der Waals surface area contributed by atoms with E-state index >= 15 is 0 Å². The highest BCUT2D eigenvalue weighted by atomic mass is 19.1. The number of rotatable bonds is 6. The lowest BCUT2D eigenvalue weighted by Gasteiger charge is -2.30. The van der Waals surface area contributed by atoms with Crippen molar-refractivity contribution in [2.24, 2.45) is 0 Å². The fraction of sp³-hybridized carbons (Fsp3) is 0.217. The Morgan fingerprint density at radius 2 is 2.00 bits per heavy atom. The van der Waals surface area contributed by atoms with Gasteiger partial charge in [-0.05, 0) is 30.3 Å². The van der Waals surface area contributed by atoms with Crippen molar-refractivity contribution in [3.05, 3.63) is 66.0 Å². The van der Waals surface area contributed by atoms with Crippen LogP contribution in [0.1, 0.15) is 16.1 Å². The molecule has 1 aliphatic heterocycles. The van der Waals surface area contributed by atoms with E-state index in [0.29, 0.717) is 48.6 Å². The van der Waals surface area contributed by atoms with E-state index in [0.717, 1.165) is 11.4 Å². The standard InChI is InChI=1S/C23H20FN3O5/c24-15-3-1-14(2-4-15)22-21(23(28)29)17-9-20(31-12-16-11-25-13-26-16)18(10-19(17)32-22)27-5-7-30-8-6-27/h1-4,9-11,13H,5-8,12H2,(H,25,26)(H,28,29). The summed E-state index contributed by atoms with van der Waals surface area (Å²) in [5.74, 6) is -0.846. The number of morpholine rings is 1. The second-order valence-electron chi connectivity index (χ2n) is 7.40. The van der Waals surface area contributed by atoms with E-state index in [4.69, 9.17) is 13.9 Å². The Balaban J connectivity index is 1.64. The summed E-state index contributed by atoms with van der Waals surface area (Å²) < 4.78 is 30.9. The molecule has 0 atom stereocenters. The summed E-state index contributed by atoms with van der Waals surface area (Å²) in [5, 5.41) is 10.4. The number of hydrogen-bond donors (Lipinski definition) is 2. The predicted molar refractivity (Wildman–Crippen MR) is 115 cm³/mol. The molecule has 2 N–H and O–H groups in total. The zero-order chi connectivity index (χ0) is 22.1. The van der Waals surface area contributed by atoms with Gasteiger partial charge in [-0.25, -0.2) is 14.2 Å². The topological polar surface area (TPSA) is 101 Å². The molecule has 4 aromatic rings. The van der Waals surface area contributed by atoms with E-state index in [1.165, 1.54) is 24.3 Å². The maximum Gasteiger partial charge on any atom is 0.340 e. The fourth-order valence-electron chi connectivity index (χ4n) is 3.82. The van der Waals surface area contributed by atoms with Crippen LogP contribution in [-0.4, -0.2) is 47.3 Å². The molecular formula is C23H20FN3O5. The molecule has 0 spiro atoms. The molecule has 1 saturated heterocycles. The van der Waals surface area contributed by atoms with Gasteiger partial charge in [0.2, 0.25) is 0 Å². The Morgan fingerprint density at radius 3 is 2.69 bits per heavy atom. The molecule has 9 heteroatoms. The lowest BCUT2D eigenvalue weighted by Crippen LogP contribution is -2.36. The summed E-state index contributed by atoms with van der Waals surface area (Å²) in [6.07, 6.45) is 3.23. The second-order valence-corrected chi connectivity index (χ2v) is 7.40. The van der Waals surface area contributed by atoms with Crippen molar-refractivity contribution in [3.63, 3.8) is 0 Å². The molecule has 5 rings (SSSR count). The van der Waals surface area contributed by atoms with Crippen LogP contribution in [0.25, 0.3) is 22.3 Å². The number of fused-ring (bicyclic) bond motifs is 1. The van der Waals surface area contributed by atoms with Gasteiger partial charge in [-0.1, -0.05) is 0 Å². The van der Waals surface area contributed by atoms with Crippen LogP contribution in [0.5, 0.6) is 5.75 Å². The summed E-state index contributed by atoms with van der Waals surface area (Å²) >= 11 is 0. The van der Waals surface area contributed by atoms with Crippen molar-refractivity contribution in [2.45, 2.75) is 6.61 Å². The van der Waals surface area contributed by atoms with Gasteiger partial charge in [0.25, 0.3) is 0 Å². The van der Waals surface area contributed by atoms with Gasteiger partial charge in [0, 0.05) is 30.1 Å². The zero-order valence-corrected chi connectivity index (χ0v) is 17.0. The van der Waals surface area contributed by atoms with E-state index in [-0.39, 0.29) is 17.9 Å². The third-order valence-electron chi connectivity index (χ3n) is 5.38. The minimum absolute atomic E-state index is 0.00604. The number of hydrogen-bond acceptors (Lipinski definition) is 6. The average Bonchev–Trinajstić information content (AvgIpc) is 3.45. The summed E-state index contributed by atoms with van der Waals surface area (Å²) in [6.45, 7) is 2.75. The van der Waals surface area contributed by atoms with Gasteiger partial charge < -0.3 is 28.9 Å². The number of imidazole rings is 1. The van der Waals surface area contributed by atoms with Crippen molar-refractivity contribution in [1.29, 1.82) is 0 Å². The number of nitrogens with one attached hydrogen (secondary N) is 1. The number of carboxylic acid groups (broad SMARTS) is 1. The molecular weight excluding hydrogens is 417 g/mol. The number of aromatic nitrogens is 2. The Morgan fingerprint density at radius 1 is 1.22 bits per heavy atom. The average molecular weight is 437 g/mol. The number of nitrogens with zero attached hydrogens (tertiary/aromatic N) is 2. The Hall–Kier alpha value is -3.85. The molecule has 164 valence electrons. The summed E-state index contributed by atoms with van der Waals surface area (Å²) in [4.78, 5) is 21.3. The number of carbonyl (C=O) groups is 1. The first kappa shape index (κ1) is 20.1. The molecule has 0 bridgehead atoms. The van der Waals surface area contributed by atoms with E-state index in [9.17, 15) is 14.3 Å². The number of furan rings is 1. The Kier molecular flexibility index (Phi) is 5.24. The van der Waals surface area contributed by atoms with E-state index in [2.05, 4.69) is 14.9 Å². The number of carboxylic acids is 1. The van der Waals surface area contributed by atoms with E-state index < -0.39 is 11.8 Å². The summed E-state index contributed by atoms with van der Waals surface area (Å²) in [6, 6.07) is 9.02. The number of aromatic amines is 1. The maximum atomic E-state index is 13.4. The molecule has 0 amide bonds. The minimum atomic E-state index is -1.14. The van der Waals surface area contributed by atoms with E-state index in [1.807, 2.05) is 0 Å². The van der Waals surface area contributed by atoms with Crippen molar-refractivity contribution in [2.75, 3.05) is 31.2 Å². The quantitative estimate of drug-likeness (QED) is 0.469. The third-order valence-corrected chi connectivity index (χ3v) is 5.38. The normalized spacial score (nSPS) is 14.1. The minimum Gasteiger partial charge on any atom is -0.485 e. The van der Waals surface area contributed by atoms with Crippen LogP contribution in [0.4, 0.5) is 10.1 Å². The van der Waals surface area contributed by atoms with Crippen LogP contribution in [0.3, 0.4) is 0 Å². The molecule has 0 radical (unpaired) electrons. The van der Waals surface area contributed by atoms with Gasteiger partial charge in [0.05, 0.1) is 37.1 Å². The highest BCUT2D eigenvalue weighted by Crippen LogP contribution is 2.41. The highest BCUT2D eigenvalue weighted by Gasteiger charge is 2.25. The number of ether oxygens (including phenoxy) is 2. The first-order valence-electron chi connectivity index (χ1n) is 10.1. The number of H-pyrrole nitrogens is 1. The third kappa shape index (κ3) is 3.78. The highest BCUT2D eigenvalue weighted by molar-refractivity contribution is 6.09. The second kappa shape index (κ2) is 8.35. The van der Waals surface area contributed by atoms with Gasteiger partial charge in [-0.3, -0.25) is 0 Å². The molecule has 1 fully saturated rings. The van der Waals surface area contributed by atoms with Gasteiger partial charge in [-0.2, -0.15) is 0 Å². The molecule has 3 heterocycles. The number of benzene rings is 2. The molecule has 2 aromatic carbocycles. The van der Waals surface area contributed by atoms with Crippen LogP contribution >= 0.6 is 0 Å². The van der Waals surface area contributed by atoms with Gasteiger partial charge in [0.15, 0.2) is 0 Å². The lowest BCUT2D eigenvalue weighted by atomic mass is 10.0. The number of anilines is 1. The van der Waals surface area contributed by atoms with Crippen LogP contribution in [0.2, 0.25) is 0 Å². The van der Waals surface area contributed by atoms with Crippen molar-refractivity contribution < 1.29 is 28.2 Å². The maximum absolute atomic E-state index is 13.4. The largest absolute Gasteiger partial charge is 0.485 e. The SMILES string of the molecule is O=C(O)c1c(-c2ccc(F)cc2)oc2cc(N3CCOCC3)c(OCc3cnc[nH]3)cc12. The predicted octanol–water partition coefficient (Wildman–Crippen LogP) is 4.08. The van der Waals surface area contributed by atoms with Crippen molar-refractivity contribution in [1.82, 2.24) is 9.97 Å². The molecule has 2 aromatic heterocycles. The van der Waals surface area contributed by atoms with E-state index in [1.54, 1.807) is 24.7 Å². The summed E-state index contributed by atoms with van der Waals surface area (Å²) in [7, 11) is 0. The number of halogens is 1. The molecule has 0 aliphatic carbocycles. The van der Waals surface area contributed by atoms with Gasteiger partial charge >= 0.3 is 5.97 Å². The monoisotopic (exact) mass is 437 g/mol. The fourth-order valence-corrected chi connectivity index (χ4v) is 3.82. The smallest absolute Gasteiger partial charge is 0.340 e. The lowest BCUT2D eigenvalue weighted by molar-refractivity contribution is 0.0699. The first-order valence-corrected chi connectivity index (χ1v) is 10.1. The molecule has 8 nitrogen and oxygen atoms in total. The molecule has 32 heavy (non-hydrogen) atoms. The van der Waals surface area contributed by atoms with Crippen LogP contribution in [-0.2, 0) is 11.3 Å². The molecule has 1 aliphatic rings. The van der Waals surface area contributed by atoms with Crippen LogP contribution in [0, 0.1) is 5.82 Å². The first-order chi connectivity index (χ1) is 15.6. The summed E-state index contributed by atoms with van der Waals surface area (Å²) in [5.41, 5.74) is 2.48. The zero-order valence-electron chi connectivity index (χ0n) is 17.0. The van der Waals surface area contributed by atoms with Gasteiger partial charge in [0.1, 0.15) is 35.1 Å². The Labute approximate surface area is 182 Å². The van der Waals surface area contributed by atoms with Crippen LogP contribution in [0.15, 0.2) is 53.3 Å². The van der Waals surface area contributed by atoms with Crippen LogP contribution < -0.4 is 9.64 Å². The van der Waals surface area contributed by atoms with Gasteiger partial charge in [-0.15, -0.1) is 0 Å². The Bertz CT molecular complexity index is 1250.